The first-order valence-electron chi connectivity index (χ1n) is 8.77. The molecule has 1 rings (SSSR count). The van der Waals surface area contributed by atoms with Gasteiger partial charge in [0.25, 0.3) is 0 Å². The number of rotatable bonds is 9. The Bertz CT molecular complexity index is 820. The number of hydrogen-bond acceptors (Lipinski definition) is 5. The average molecular weight is 507 g/mol. The van der Waals surface area contributed by atoms with Crippen molar-refractivity contribution in [2.45, 2.75) is 76.9 Å². The fourth-order valence-corrected chi connectivity index (χ4v) is 4.55. The molecule has 0 atom stereocenters. The van der Waals surface area contributed by atoms with Crippen molar-refractivity contribution in [2.75, 3.05) is 0 Å². The predicted molar refractivity (Wildman–Crippen MR) is 101 cm³/mol. The van der Waals surface area contributed by atoms with Crippen LogP contribution in [0.2, 0.25) is 0 Å². The van der Waals surface area contributed by atoms with Crippen LogP contribution in [0.1, 0.15) is 56.0 Å². The molecule has 30 heavy (non-hydrogen) atoms. The summed E-state index contributed by atoms with van der Waals surface area (Å²) in [4.78, 5) is 1.46. The Kier molecular flexibility index (Phi) is 11.3. The highest BCUT2D eigenvalue weighted by molar-refractivity contribution is 8.13. The molecule has 0 saturated heterocycles. The van der Waals surface area contributed by atoms with E-state index in [0.29, 0.717) is 0 Å². The van der Waals surface area contributed by atoms with Gasteiger partial charge < -0.3 is 4.13 Å². The first-order valence-corrected chi connectivity index (χ1v) is 12.5. The highest BCUT2D eigenvalue weighted by Crippen LogP contribution is 2.36. The van der Waals surface area contributed by atoms with Gasteiger partial charge in [0.15, 0.2) is 25.7 Å². The summed E-state index contributed by atoms with van der Waals surface area (Å²) in [6.07, 6.45) is 8.31. The summed E-state index contributed by atoms with van der Waals surface area (Å²) in [5, 5.41) is 0. The van der Waals surface area contributed by atoms with Gasteiger partial charge in [0, 0.05) is 13.3 Å². The summed E-state index contributed by atoms with van der Waals surface area (Å²) in [5.74, 6) is 0. The lowest BCUT2D eigenvalue weighted by Gasteiger charge is -2.22. The van der Waals surface area contributed by atoms with E-state index in [9.17, 15) is 43.2 Å². The smallest absolute Gasteiger partial charge is 0.421 e. The van der Waals surface area contributed by atoms with Crippen LogP contribution in [0.25, 0.3) is 4.13 Å². The summed E-state index contributed by atoms with van der Waals surface area (Å²) in [6, 6.07) is 0. The van der Waals surface area contributed by atoms with Crippen molar-refractivity contribution in [3.05, 3.63) is 20.2 Å². The zero-order valence-corrected chi connectivity index (χ0v) is 19.0. The van der Waals surface area contributed by atoms with Gasteiger partial charge >= 0.3 is 11.0 Å². The van der Waals surface area contributed by atoms with Crippen molar-refractivity contribution < 1.29 is 47.7 Å². The number of unbranched alkanes of at least 4 members (excludes halogenated alkanes) is 5. The molecule has 0 aliphatic carbocycles. The predicted octanol–water partition coefficient (Wildman–Crippen LogP) is 5.07. The van der Waals surface area contributed by atoms with Gasteiger partial charge in [0.05, 0.1) is 4.88 Å². The lowest BCUT2D eigenvalue weighted by molar-refractivity contribution is -0.698. The fourth-order valence-electron chi connectivity index (χ4n) is 2.01. The third-order valence-electron chi connectivity index (χ3n) is 3.83. The van der Waals surface area contributed by atoms with E-state index < -0.39 is 31.1 Å². The van der Waals surface area contributed by atoms with E-state index >= 15 is 0 Å². The van der Waals surface area contributed by atoms with Crippen LogP contribution in [-0.2, 0) is 26.6 Å². The van der Waals surface area contributed by atoms with Gasteiger partial charge in [-0.2, -0.15) is 30.9 Å². The molecule has 0 spiro atoms. The van der Waals surface area contributed by atoms with E-state index in [0.717, 1.165) is 4.13 Å². The van der Waals surface area contributed by atoms with Crippen LogP contribution in [0.3, 0.4) is 0 Å². The Morgan fingerprint density at radius 3 is 1.67 bits per heavy atom. The molecule has 0 saturated carbocycles. The second-order valence-corrected chi connectivity index (χ2v) is 10.7. The number of alkyl halides is 6. The molecular weight excluding hydrogens is 482 g/mol. The van der Waals surface area contributed by atoms with Crippen molar-refractivity contribution in [3.63, 3.8) is 0 Å². The molecule has 15 heteroatoms. The van der Waals surface area contributed by atoms with E-state index in [2.05, 4.69) is 30.8 Å². The van der Waals surface area contributed by atoms with Crippen molar-refractivity contribution in [2.24, 2.45) is 0 Å². The minimum atomic E-state index is -6.72. The normalized spacial score (nSPS) is 13.1. The molecule has 6 nitrogen and oxygen atoms in total. The van der Waals surface area contributed by atoms with Crippen LogP contribution in [0.4, 0.5) is 26.3 Å². The molecule has 0 N–H and O–H groups in total. The largest absolute Gasteiger partial charge is 0.480 e. The van der Waals surface area contributed by atoms with Gasteiger partial charge in [-0.1, -0.05) is 43.9 Å². The van der Waals surface area contributed by atoms with Crippen molar-refractivity contribution in [1.29, 1.82) is 0 Å². The maximum atomic E-state index is 11.4. The Labute approximate surface area is 176 Å². The molecule has 0 bridgehead atoms. The van der Waals surface area contributed by atoms with Gasteiger partial charge in [-0.05, 0) is 13.3 Å². The zero-order chi connectivity index (χ0) is 23.8. The second kappa shape index (κ2) is 11.6. The minimum Gasteiger partial charge on any atom is -0.421 e. The second-order valence-electron chi connectivity index (χ2n) is 6.24. The van der Waals surface area contributed by atoms with Gasteiger partial charge in [0.1, 0.15) is 6.54 Å². The van der Waals surface area contributed by atoms with Crippen LogP contribution >= 0.6 is 11.3 Å². The van der Waals surface area contributed by atoms with Gasteiger partial charge in [-0.3, -0.25) is 0 Å². The van der Waals surface area contributed by atoms with Crippen molar-refractivity contribution in [3.8, 4) is 0 Å². The number of aromatic nitrogens is 1. The monoisotopic (exact) mass is 506 g/mol. The average Bonchev–Trinajstić information content (AvgIpc) is 2.87. The highest BCUT2D eigenvalue weighted by Gasteiger charge is 2.46. The molecule has 0 fully saturated rings. The molecule has 0 aliphatic heterocycles. The van der Waals surface area contributed by atoms with Crippen molar-refractivity contribution in [1.82, 2.24) is 0 Å². The number of thiazole rings is 1. The number of sulfonamides is 2. The molecule has 1 heterocycles. The molecular formula is C15H24F6N2O4S3. The molecule has 0 unspecified atom stereocenters. The Balaban J connectivity index is 0.000000561. The third-order valence-corrected chi connectivity index (χ3v) is 7.58. The Hall–Kier alpha value is -0.930. The van der Waals surface area contributed by atoms with Crippen LogP contribution in [0, 0.1) is 13.8 Å². The quantitative estimate of drug-likeness (QED) is 0.266. The first-order chi connectivity index (χ1) is 13.5. The number of hydrogen-bond donors (Lipinski definition) is 0. The molecule has 0 radical (unpaired) electrons. The summed E-state index contributed by atoms with van der Waals surface area (Å²) in [6.45, 7) is 7.91. The molecule has 0 aliphatic rings. The van der Waals surface area contributed by atoms with Gasteiger partial charge in [0.2, 0.25) is 5.51 Å². The SMILES string of the molecule is CCCCCCCC[n+]1csc(C)c1C.O=S(=O)([N-]S(=O)(=O)C(F)(F)F)C(F)(F)F. The molecule has 178 valence electrons. The summed E-state index contributed by atoms with van der Waals surface area (Å²) >= 11 is 1.87. The van der Waals surface area contributed by atoms with E-state index in [-0.39, 0.29) is 0 Å². The summed E-state index contributed by atoms with van der Waals surface area (Å²) < 4.78 is 112. The Morgan fingerprint density at radius 1 is 0.867 bits per heavy atom. The summed E-state index contributed by atoms with van der Waals surface area (Å²) in [7, 11) is -13.4. The zero-order valence-electron chi connectivity index (χ0n) is 16.5. The number of halogens is 6. The Morgan fingerprint density at radius 2 is 1.30 bits per heavy atom. The summed E-state index contributed by atoms with van der Waals surface area (Å²) in [5.41, 5.74) is -8.69. The first kappa shape index (κ1) is 29.1. The molecule has 0 amide bonds. The maximum absolute atomic E-state index is 11.4. The van der Waals surface area contributed by atoms with E-state index in [4.69, 9.17) is 0 Å². The number of nitrogens with zero attached hydrogens (tertiary/aromatic N) is 2. The van der Waals surface area contributed by atoms with E-state index in [1.807, 2.05) is 11.3 Å². The lowest BCUT2D eigenvalue weighted by Crippen LogP contribution is -2.34. The van der Waals surface area contributed by atoms with Gasteiger partial charge in [-0.15, -0.1) is 0 Å². The standard InChI is InChI=1S/C13H24NS.C2F6NO4S2/c1-4-5-6-7-8-9-10-14-11-15-13(3)12(14)2;3-1(4,5)14(10,11)9-15(12,13)2(6,7)8/h11H,4-10H2,1-3H3;/q+1;-1. The molecule has 1 aromatic rings. The topological polar surface area (TPSA) is 86.3 Å². The van der Waals surface area contributed by atoms with Crippen LogP contribution in [-0.4, -0.2) is 27.9 Å². The van der Waals surface area contributed by atoms with Gasteiger partial charge in [-0.25, -0.2) is 16.8 Å². The maximum Gasteiger partial charge on any atom is 0.480 e. The van der Waals surface area contributed by atoms with Crippen LogP contribution < -0.4 is 4.57 Å². The minimum absolute atomic E-state index is 0.778. The highest BCUT2D eigenvalue weighted by atomic mass is 32.3. The van der Waals surface area contributed by atoms with E-state index in [1.165, 1.54) is 55.6 Å². The van der Waals surface area contributed by atoms with Crippen LogP contribution in [0.5, 0.6) is 0 Å². The van der Waals surface area contributed by atoms with Crippen molar-refractivity contribution >= 4 is 31.4 Å². The number of aryl methyl sites for hydroxylation is 2. The third kappa shape index (κ3) is 9.47. The fraction of sp³-hybridized carbons (Fsp3) is 0.800. The molecule has 0 aromatic carbocycles. The molecule has 1 aromatic heterocycles. The van der Waals surface area contributed by atoms with E-state index in [1.54, 1.807) is 0 Å². The van der Waals surface area contributed by atoms with Crippen LogP contribution in [0.15, 0.2) is 5.51 Å². The lowest BCUT2D eigenvalue weighted by atomic mass is 10.1.